The van der Waals surface area contributed by atoms with Crippen LogP contribution < -0.4 is 0 Å². The average molecular weight is 296 g/mol. The Bertz CT molecular complexity index is 667. The number of rotatable bonds is 3. The van der Waals surface area contributed by atoms with Crippen molar-refractivity contribution in [2.24, 2.45) is 5.92 Å². The Morgan fingerprint density at radius 2 is 1.73 bits per heavy atom. The van der Waals surface area contributed by atoms with Gasteiger partial charge < -0.3 is 9.47 Å². The summed E-state index contributed by atoms with van der Waals surface area (Å²) in [5.74, 6) is -0.153. The first-order chi connectivity index (χ1) is 10.6. The van der Waals surface area contributed by atoms with E-state index in [1.807, 2.05) is 41.1 Å². The number of hydrogen-bond donors (Lipinski definition) is 0. The number of piperidine rings is 1. The molecule has 0 spiro atoms. The molecule has 1 fully saturated rings. The first-order valence-electron chi connectivity index (χ1n) is 7.72. The summed E-state index contributed by atoms with van der Waals surface area (Å²) in [6.45, 7) is 3.56. The number of aromatic nitrogens is 1. The van der Waals surface area contributed by atoms with Crippen molar-refractivity contribution in [3.8, 4) is 5.69 Å². The van der Waals surface area contributed by atoms with Crippen LogP contribution in [-0.4, -0.2) is 34.2 Å². The summed E-state index contributed by atoms with van der Waals surface area (Å²) in [7, 11) is 0. The highest BCUT2D eigenvalue weighted by Crippen LogP contribution is 2.18. The molecule has 1 aromatic heterocycles. The molecule has 1 aliphatic heterocycles. The molecule has 1 aromatic carbocycles. The number of nitrogens with zero attached hydrogens (tertiary/aromatic N) is 2. The fourth-order valence-electron chi connectivity index (χ4n) is 2.77. The highest BCUT2D eigenvalue weighted by molar-refractivity contribution is 6.42. The second kappa shape index (κ2) is 6.18. The van der Waals surface area contributed by atoms with Crippen molar-refractivity contribution < 1.29 is 9.59 Å². The first-order valence-corrected chi connectivity index (χ1v) is 7.72. The van der Waals surface area contributed by atoms with E-state index >= 15 is 0 Å². The zero-order valence-corrected chi connectivity index (χ0v) is 12.7. The largest absolute Gasteiger partial charge is 0.336 e. The van der Waals surface area contributed by atoms with Gasteiger partial charge in [0, 0.05) is 36.7 Å². The van der Waals surface area contributed by atoms with E-state index in [0.29, 0.717) is 24.6 Å². The second-order valence-electron chi connectivity index (χ2n) is 5.95. The van der Waals surface area contributed by atoms with Gasteiger partial charge >= 0.3 is 0 Å². The topological polar surface area (TPSA) is 42.3 Å². The Hall–Kier alpha value is -2.36. The van der Waals surface area contributed by atoms with Crippen LogP contribution in [0.25, 0.3) is 5.69 Å². The van der Waals surface area contributed by atoms with Gasteiger partial charge in [-0.1, -0.05) is 25.1 Å². The van der Waals surface area contributed by atoms with Crippen LogP contribution in [0.5, 0.6) is 0 Å². The van der Waals surface area contributed by atoms with Gasteiger partial charge in [-0.05, 0) is 37.0 Å². The molecule has 114 valence electrons. The summed E-state index contributed by atoms with van der Waals surface area (Å²) >= 11 is 0. The number of benzene rings is 1. The highest BCUT2D eigenvalue weighted by Gasteiger charge is 2.26. The number of carbonyl (C=O) groups excluding carboxylic acids is 2. The third-order valence-electron chi connectivity index (χ3n) is 4.27. The minimum absolute atomic E-state index is 0.377. The molecule has 1 amide bonds. The summed E-state index contributed by atoms with van der Waals surface area (Å²) in [6.07, 6.45) is 5.49. The molecule has 0 unspecified atom stereocenters. The molecule has 4 nitrogen and oxygen atoms in total. The molecule has 1 saturated heterocycles. The Kier molecular flexibility index (Phi) is 4.09. The lowest BCUT2D eigenvalue weighted by atomic mass is 9.99. The van der Waals surface area contributed by atoms with Crippen LogP contribution in [0.4, 0.5) is 0 Å². The maximum Gasteiger partial charge on any atom is 0.295 e. The van der Waals surface area contributed by atoms with Gasteiger partial charge in [0.2, 0.25) is 0 Å². The number of amides is 1. The van der Waals surface area contributed by atoms with Gasteiger partial charge in [0.05, 0.1) is 0 Å². The van der Waals surface area contributed by atoms with Crippen LogP contribution in [0, 0.1) is 5.92 Å². The molecular formula is C18H20N2O2. The van der Waals surface area contributed by atoms with E-state index < -0.39 is 5.78 Å². The minimum atomic E-state index is -0.413. The van der Waals surface area contributed by atoms with E-state index in [-0.39, 0.29) is 5.91 Å². The SMILES string of the molecule is CC1CCN(C(=O)C(=O)c2ccn(-c3ccccc3)c2)CC1. The number of hydrogen-bond acceptors (Lipinski definition) is 2. The fraction of sp³-hybridized carbons (Fsp3) is 0.333. The number of carbonyl (C=O) groups is 2. The number of ketones is 1. The molecule has 3 rings (SSSR count). The summed E-state index contributed by atoms with van der Waals surface area (Å²) in [5, 5.41) is 0. The van der Waals surface area contributed by atoms with Gasteiger partial charge in [0.15, 0.2) is 0 Å². The molecule has 0 bridgehead atoms. The second-order valence-corrected chi connectivity index (χ2v) is 5.95. The molecular weight excluding hydrogens is 276 g/mol. The lowest BCUT2D eigenvalue weighted by Crippen LogP contribution is -2.41. The highest BCUT2D eigenvalue weighted by atomic mass is 16.2. The molecule has 0 atom stereocenters. The molecule has 4 heteroatoms. The maximum absolute atomic E-state index is 12.4. The average Bonchev–Trinajstić information content (AvgIpc) is 3.05. The number of para-hydroxylation sites is 1. The lowest BCUT2D eigenvalue weighted by molar-refractivity contribution is -0.127. The van der Waals surface area contributed by atoms with E-state index in [4.69, 9.17) is 0 Å². The molecule has 1 aliphatic rings. The van der Waals surface area contributed by atoms with E-state index in [9.17, 15) is 9.59 Å². The van der Waals surface area contributed by atoms with Gasteiger partial charge in [-0.15, -0.1) is 0 Å². The lowest BCUT2D eigenvalue weighted by Gasteiger charge is -2.29. The van der Waals surface area contributed by atoms with Gasteiger partial charge in [-0.3, -0.25) is 9.59 Å². The fourth-order valence-corrected chi connectivity index (χ4v) is 2.77. The Labute approximate surface area is 130 Å². The molecule has 22 heavy (non-hydrogen) atoms. The van der Waals surface area contributed by atoms with Crippen molar-refractivity contribution in [3.63, 3.8) is 0 Å². The van der Waals surface area contributed by atoms with Crippen molar-refractivity contribution in [2.75, 3.05) is 13.1 Å². The van der Waals surface area contributed by atoms with Crippen LogP contribution in [0.15, 0.2) is 48.8 Å². The summed E-state index contributed by atoms with van der Waals surface area (Å²) in [4.78, 5) is 26.4. The van der Waals surface area contributed by atoms with Crippen LogP contribution in [0.1, 0.15) is 30.1 Å². The number of Topliss-reactive ketones (excluding diaryl/α,β-unsaturated/α-hetero) is 1. The van der Waals surface area contributed by atoms with E-state index in [2.05, 4.69) is 6.92 Å². The van der Waals surface area contributed by atoms with Crippen LogP contribution in [0.3, 0.4) is 0 Å². The molecule has 2 heterocycles. The van der Waals surface area contributed by atoms with Crippen LogP contribution in [-0.2, 0) is 4.79 Å². The van der Waals surface area contributed by atoms with Gasteiger partial charge in [-0.2, -0.15) is 0 Å². The smallest absolute Gasteiger partial charge is 0.295 e. The predicted octanol–water partition coefficient (Wildman–Crippen LogP) is 2.92. The summed E-state index contributed by atoms with van der Waals surface area (Å²) in [5.41, 5.74) is 1.42. The zero-order chi connectivity index (χ0) is 15.5. The zero-order valence-electron chi connectivity index (χ0n) is 12.7. The molecule has 0 saturated carbocycles. The summed E-state index contributed by atoms with van der Waals surface area (Å²) < 4.78 is 1.86. The van der Waals surface area contributed by atoms with Crippen molar-refractivity contribution in [3.05, 3.63) is 54.4 Å². The van der Waals surface area contributed by atoms with Gasteiger partial charge in [0.1, 0.15) is 0 Å². The van der Waals surface area contributed by atoms with Crippen LogP contribution in [0.2, 0.25) is 0 Å². The first kappa shape index (κ1) is 14.6. The third kappa shape index (κ3) is 2.96. The van der Waals surface area contributed by atoms with E-state index in [1.165, 1.54) is 0 Å². The van der Waals surface area contributed by atoms with E-state index in [1.54, 1.807) is 17.2 Å². The van der Waals surface area contributed by atoms with Crippen molar-refractivity contribution in [1.29, 1.82) is 0 Å². The third-order valence-corrected chi connectivity index (χ3v) is 4.27. The van der Waals surface area contributed by atoms with Crippen molar-refractivity contribution >= 4 is 11.7 Å². The standard InChI is InChI=1S/C18H20N2O2/c1-14-7-10-19(11-8-14)18(22)17(21)15-9-12-20(13-15)16-5-3-2-4-6-16/h2-6,9,12-14H,7-8,10-11H2,1H3. The summed E-state index contributed by atoms with van der Waals surface area (Å²) in [6, 6.07) is 11.5. The van der Waals surface area contributed by atoms with Gasteiger partial charge in [-0.25, -0.2) is 0 Å². The Morgan fingerprint density at radius 3 is 2.41 bits per heavy atom. The molecule has 0 radical (unpaired) electrons. The molecule has 0 aliphatic carbocycles. The normalized spacial score (nSPS) is 15.8. The number of likely N-dealkylation sites (tertiary alicyclic amines) is 1. The predicted molar refractivity (Wildman–Crippen MR) is 85.1 cm³/mol. The van der Waals surface area contributed by atoms with Crippen molar-refractivity contribution in [1.82, 2.24) is 9.47 Å². The maximum atomic E-state index is 12.4. The van der Waals surface area contributed by atoms with Crippen molar-refractivity contribution in [2.45, 2.75) is 19.8 Å². The monoisotopic (exact) mass is 296 g/mol. The van der Waals surface area contributed by atoms with E-state index in [0.717, 1.165) is 18.5 Å². The Morgan fingerprint density at radius 1 is 1.05 bits per heavy atom. The van der Waals surface area contributed by atoms with Crippen LogP contribution >= 0.6 is 0 Å². The molecule has 2 aromatic rings. The molecule has 0 N–H and O–H groups in total. The quantitative estimate of drug-likeness (QED) is 0.645. The Balaban J connectivity index is 1.73. The minimum Gasteiger partial charge on any atom is -0.336 e. The van der Waals surface area contributed by atoms with Gasteiger partial charge in [0.25, 0.3) is 11.7 Å².